The minimum absolute atomic E-state index is 0.0120. The molecule has 4 nitrogen and oxygen atoms in total. The number of carbonyl (C=O) groups is 1. The molecule has 0 bridgehead atoms. The van der Waals surface area contributed by atoms with Crippen LogP contribution in [0.1, 0.15) is 6.42 Å². The maximum atomic E-state index is 13.2. The first kappa shape index (κ1) is 15.1. The van der Waals surface area contributed by atoms with Gasteiger partial charge in [0.15, 0.2) is 0 Å². The number of benzene rings is 2. The molecule has 0 unspecified atom stereocenters. The Balaban J connectivity index is 1.81. The topological polar surface area (TPSA) is 64.3 Å². The van der Waals surface area contributed by atoms with Gasteiger partial charge in [-0.1, -0.05) is 17.7 Å². The van der Waals surface area contributed by atoms with Gasteiger partial charge < -0.3 is 15.8 Å². The average Bonchev–Trinajstić information content (AvgIpc) is 2.43. The summed E-state index contributed by atoms with van der Waals surface area (Å²) in [5.74, 6) is -0.258. The van der Waals surface area contributed by atoms with Gasteiger partial charge >= 0.3 is 0 Å². The Hall–Kier alpha value is -2.27. The Morgan fingerprint density at radius 2 is 2.10 bits per heavy atom. The zero-order valence-corrected chi connectivity index (χ0v) is 11.9. The second-order valence-electron chi connectivity index (χ2n) is 4.35. The molecule has 0 atom stereocenters. The summed E-state index contributed by atoms with van der Waals surface area (Å²) in [6.07, 6.45) is 0.138. The van der Waals surface area contributed by atoms with E-state index in [4.69, 9.17) is 22.1 Å². The van der Waals surface area contributed by atoms with Gasteiger partial charge in [0.1, 0.15) is 11.6 Å². The lowest BCUT2D eigenvalue weighted by molar-refractivity contribution is -0.116. The number of hydrogen-bond donors (Lipinski definition) is 2. The minimum Gasteiger partial charge on any atom is -0.493 e. The molecule has 3 N–H and O–H groups in total. The Bertz CT molecular complexity index is 649. The summed E-state index contributed by atoms with van der Waals surface area (Å²) in [5, 5.41) is 2.58. The van der Waals surface area contributed by atoms with E-state index in [1.807, 2.05) is 0 Å². The fourth-order valence-electron chi connectivity index (χ4n) is 1.66. The third kappa shape index (κ3) is 4.65. The van der Waals surface area contributed by atoms with Gasteiger partial charge in [-0.25, -0.2) is 4.39 Å². The molecule has 0 radical (unpaired) electrons. The van der Waals surface area contributed by atoms with Crippen LogP contribution < -0.4 is 15.8 Å². The van der Waals surface area contributed by atoms with E-state index in [2.05, 4.69) is 5.32 Å². The van der Waals surface area contributed by atoms with Crippen molar-refractivity contribution in [2.24, 2.45) is 0 Å². The smallest absolute Gasteiger partial charge is 0.227 e. The number of hydrogen-bond acceptors (Lipinski definition) is 3. The maximum Gasteiger partial charge on any atom is 0.227 e. The molecule has 0 aromatic heterocycles. The van der Waals surface area contributed by atoms with E-state index in [9.17, 15) is 9.18 Å². The number of nitrogen functional groups attached to an aromatic ring is 1. The SMILES string of the molecule is Nc1cccc(OCCC(=O)Nc2ccc(Cl)c(F)c2)c1. The Morgan fingerprint density at radius 1 is 1.29 bits per heavy atom. The average molecular weight is 309 g/mol. The summed E-state index contributed by atoms with van der Waals surface area (Å²) in [6, 6.07) is 11.0. The van der Waals surface area contributed by atoms with Crippen molar-refractivity contribution >= 4 is 28.9 Å². The number of nitrogens with one attached hydrogen (secondary N) is 1. The van der Waals surface area contributed by atoms with Gasteiger partial charge in [-0.2, -0.15) is 0 Å². The van der Waals surface area contributed by atoms with Crippen molar-refractivity contribution in [3.63, 3.8) is 0 Å². The fraction of sp³-hybridized carbons (Fsp3) is 0.133. The highest BCUT2D eigenvalue weighted by Gasteiger charge is 2.06. The third-order valence-corrected chi connectivity index (χ3v) is 2.97. The predicted octanol–water partition coefficient (Wildman–Crippen LogP) is 3.47. The number of carbonyl (C=O) groups excluding carboxylic acids is 1. The maximum absolute atomic E-state index is 13.2. The number of rotatable bonds is 5. The van der Waals surface area contributed by atoms with Crippen LogP contribution in [-0.2, 0) is 4.79 Å². The molecular formula is C15H14ClFN2O2. The zero-order chi connectivity index (χ0) is 15.2. The van der Waals surface area contributed by atoms with E-state index in [-0.39, 0.29) is 24.0 Å². The second kappa shape index (κ2) is 6.95. The summed E-state index contributed by atoms with van der Waals surface area (Å²) >= 11 is 5.56. The first-order chi connectivity index (χ1) is 10.0. The number of nitrogens with two attached hydrogens (primary N) is 1. The first-order valence-electron chi connectivity index (χ1n) is 6.28. The monoisotopic (exact) mass is 308 g/mol. The van der Waals surface area contributed by atoms with Gasteiger partial charge in [0, 0.05) is 17.4 Å². The quantitative estimate of drug-likeness (QED) is 0.831. The highest BCUT2D eigenvalue weighted by Crippen LogP contribution is 2.19. The van der Waals surface area contributed by atoms with Crippen molar-refractivity contribution in [2.45, 2.75) is 6.42 Å². The van der Waals surface area contributed by atoms with Gasteiger partial charge in [0.05, 0.1) is 18.1 Å². The van der Waals surface area contributed by atoms with Crippen LogP contribution in [0.3, 0.4) is 0 Å². The molecule has 0 saturated carbocycles. The minimum atomic E-state index is -0.578. The number of anilines is 2. The van der Waals surface area contributed by atoms with E-state index in [1.165, 1.54) is 18.2 Å². The lowest BCUT2D eigenvalue weighted by Crippen LogP contribution is -2.15. The molecular weight excluding hydrogens is 295 g/mol. The van der Waals surface area contributed by atoms with Gasteiger partial charge in [-0.3, -0.25) is 4.79 Å². The standard InChI is InChI=1S/C15H14ClFN2O2/c16-13-5-4-11(9-14(13)17)19-15(20)6-7-21-12-3-1-2-10(18)8-12/h1-5,8-9H,6-7,18H2,(H,19,20). The van der Waals surface area contributed by atoms with Crippen LogP contribution in [0.2, 0.25) is 5.02 Å². The Morgan fingerprint density at radius 3 is 2.81 bits per heavy atom. The van der Waals surface area contributed by atoms with Gasteiger partial charge in [0.2, 0.25) is 5.91 Å². The lowest BCUT2D eigenvalue weighted by atomic mass is 10.3. The number of halogens is 2. The second-order valence-corrected chi connectivity index (χ2v) is 4.76. The van der Waals surface area contributed by atoms with Crippen LogP contribution in [0, 0.1) is 5.82 Å². The molecule has 0 saturated heterocycles. The zero-order valence-electron chi connectivity index (χ0n) is 11.1. The highest BCUT2D eigenvalue weighted by atomic mass is 35.5. The van der Waals surface area contributed by atoms with Crippen LogP contribution in [0.4, 0.5) is 15.8 Å². The molecule has 0 aliphatic rings. The van der Waals surface area contributed by atoms with Crippen LogP contribution >= 0.6 is 11.6 Å². The molecule has 1 amide bonds. The van der Waals surface area contributed by atoms with E-state index < -0.39 is 5.82 Å². The van der Waals surface area contributed by atoms with Crippen molar-refractivity contribution in [3.05, 3.63) is 53.3 Å². The van der Waals surface area contributed by atoms with Crippen molar-refractivity contribution in [1.82, 2.24) is 0 Å². The largest absolute Gasteiger partial charge is 0.493 e. The molecule has 21 heavy (non-hydrogen) atoms. The Labute approximate surface area is 126 Å². The van der Waals surface area contributed by atoms with E-state index in [1.54, 1.807) is 24.3 Å². The van der Waals surface area contributed by atoms with Gasteiger partial charge in [-0.05, 0) is 30.3 Å². The molecule has 110 valence electrons. The normalized spacial score (nSPS) is 10.2. The molecule has 2 rings (SSSR count). The van der Waals surface area contributed by atoms with Gasteiger partial charge in [-0.15, -0.1) is 0 Å². The molecule has 6 heteroatoms. The molecule has 0 aliphatic heterocycles. The summed E-state index contributed by atoms with van der Waals surface area (Å²) in [7, 11) is 0. The highest BCUT2D eigenvalue weighted by molar-refractivity contribution is 6.30. The molecule has 2 aromatic carbocycles. The third-order valence-electron chi connectivity index (χ3n) is 2.66. The molecule has 2 aromatic rings. The molecule has 0 spiro atoms. The summed E-state index contributed by atoms with van der Waals surface area (Å²) in [5.41, 5.74) is 6.56. The predicted molar refractivity (Wildman–Crippen MR) is 81.0 cm³/mol. The van der Waals surface area contributed by atoms with Crippen LogP contribution in [0.25, 0.3) is 0 Å². The van der Waals surface area contributed by atoms with Crippen molar-refractivity contribution in [2.75, 3.05) is 17.7 Å². The van der Waals surface area contributed by atoms with Crippen molar-refractivity contribution in [3.8, 4) is 5.75 Å². The number of amides is 1. The van der Waals surface area contributed by atoms with E-state index in [0.717, 1.165) is 0 Å². The number of ether oxygens (including phenoxy) is 1. The van der Waals surface area contributed by atoms with Crippen molar-refractivity contribution < 1.29 is 13.9 Å². The van der Waals surface area contributed by atoms with Crippen LogP contribution in [0.15, 0.2) is 42.5 Å². The summed E-state index contributed by atoms with van der Waals surface area (Å²) in [4.78, 5) is 11.7. The summed E-state index contributed by atoms with van der Waals surface area (Å²) in [6.45, 7) is 0.200. The summed E-state index contributed by atoms with van der Waals surface area (Å²) < 4.78 is 18.6. The fourth-order valence-corrected chi connectivity index (χ4v) is 1.78. The molecule has 0 heterocycles. The van der Waals surface area contributed by atoms with Crippen molar-refractivity contribution in [1.29, 1.82) is 0 Å². The van der Waals surface area contributed by atoms with E-state index >= 15 is 0 Å². The molecule has 0 aliphatic carbocycles. The van der Waals surface area contributed by atoms with E-state index in [0.29, 0.717) is 17.1 Å². The molecule has 0 fully saturated rings. The van der Waals surface area contributed by atoms with Crippen LogP contribution in [-0.4, -0.2) is 12.5 Å². The lowest BCUT2D eigenvalue weighted by Gasteiger charge is -2.08. The van der Waals surface area contributed by atoms with Crippen LogP contribution in [0.5, 0.6) is 5.75 Å². The first-order valence-corrected chi connectivity index (χ1v) is 6.65. The Kier molecular flexibility index (Phi) is 5.00. The van der Waals surface area contributed by atoms with Gasteiger partial charge in [0.25, 0.3) is 0 Å².